The number of para-hydroxylation sites is 1. The van der Waals surface area contributed by atoms with Gasteiger partial charge in [0.1, 0.15) is 0 Å². The first kappa shape index (κ1) is 22.4. The van der Waals surface area contributed by atoms with Crippen LogP contribution in [0.25, 0.3) is 11.3 Å². The first-order valence-electron chi connectivity index (χ1n) is 10.5. The van der Waals surface area contributed by atoms with Crippen molar-refractivity contribution in [3.05, 3.63) is 70.7 Å². The van der Waals surface area contributed by atoms with E-state index >= 15 is 0 Å². The number of likely N-dealkylation sites (tertiary alicyclic amines) is 1. The maximum atomic E-state index is 12.8. The van der Waals surface area contributed by atoms with E-state index in [-0.39, 0.29) is 24.2 Å². The van der Waals surface area contributed by atoms with E-state index in [4.69, 9.17) is 27.6 Å². The standard InChI is InChI=1S/C24H23Cl2N3O3/c25-17-8-9-19(20(26)13-17)21-14-27-22(32-21)10-11-23(30)29-12-4-5-16(15-29)24(31)28-18-6-2-1-3-7-18/h1-3,6-9,13-14,16H,4-5,10-12,15H2,(H,28,31). The molecule has 1 unspecified atom stereocenters. The van der Waals surface area contributed by atoms with E-state index < -0.39 is 0 Å². The number of aryl methyl sites for hydroxylation is 1. The molecule has 1 aliphatic rings. The number of benzene rings is 2. The van der Waals surface area contributed by atoms with Crippen LogP contribution in [-0.2, 0) is 16.0 Å². The molecule has 0 radical (unpaired) electrons. The van der Waals surface area contributed by atoms with Crippen LogP contribution < -0.4 is 5.32 Å². The van der Waals surface area contributed by atoms with Crippen molar-refractivity contribution in [3.8, 4) is 11.3 Å². The topological polar surface area (TPSA) is 75.4 Å². The predicted molar refractivity (Wildman–Crippen MR) is 125 cm³/mol. The number of hydrogen-bond acceptors (Lipinski definition) is 4. The molecule has 2 aromatic carbocycles. The third-order valence-electron chi connectivity index (χ3n) is 5.49. The summed E-state index contributed by atoms with van der Waals surface area (Å²) in [7, 11) is 0. The van der Waals surface area contributed by atoms with Gasteiger partial charge in [-0.15, -0.1) is 0 Å². The van der Waals surface area contributed by atoms with Crippen molar-refractivity contribution in [1.29, 1.82) is 0 Å². The van der Waals surface area contributed by atoms with Crippen molar-refractivity contribution in [2.75, 3.05) is 18.4 Å². The van der Waals surface area contributed by atoms with Crippen LogP contribution in [0.4, 0.5) is 5.69 Å². The van der Waals surface area contributed by atoms with Crippen molar-refractivity contribution in [2.24, 2.45) is 5.92 Å². The molecular formula is C24H23Cl2N3O3. The number of piperidine rings is 1. The lowest BCUT2D eigenvalue weighted by molar-refractivity contribution is -0.134. The fourth-order valence-electron chi connectivity index (χ4n) is 3.80. The van der Waals surface area contributed by atoms with Gasteiger partial charge in [-0.25, -0.2) is 4.98 Å². The van der Waals surface area contributed by atoms with Gasteiger partial charge in [-0.3, -0.25) is 9.59 Å². The highest BCUT2D eigenvalue weighted by Gasteiger charge is 2.28. The largest absolute Gasteiger partial charge is 0.441 e. The number of hydrogen-bond donors (Lipinski definition) is 1. The predicted octanol–water partition coefficient (Wildman–Crippen LogP) is 5.46. The van der Waals surface area contributed by atoms with Crippen molar-refractivity contribution in [2.45, 2.75) is 25.7 Å². The Balaban J connectivity index is 1.31. The molecule has 4 rings (SSSR count). The Labute approximate surface area is 196 Å². The smallest absolute Gasteiger partial charge is 0.229 e. The number of nitrogens with zero attached hydrogens (tertiary/aromatic N) is 2. The van der Waals surface area contributed by atoms with Crippen LogP contribution in [0.3, 0.4) is 0 Å². The number of halogens is 2. The minimum atomic E-state index is -0.215. The number of carbonyl (C=O) groups is 2. The van der Waals surface area contributed by atoms with Crippen molar-refractivity contribution >= 4 is 40.7 Å². The van der Waals surface area contributed by atoms with E-state index in [0.717, 1.165) is 18.5 Å². The molecule has 166 valence electrons. The van der Waals surface area contributed by atoms with Crippen molar-refractivity contribution in [3.63, 3.8) is 0 Å². The second kappa shape index (κ2) is 10.2. The molecular weight excluding hydrogens is 449 g/mol. The Morgan fingerprint density at radius 1 is 1.16 bits per heavy atom. The molecule has 32 heavy (non-hydrogen) atoms. The van der Waals surface area contributed by atoms with E-state index in [9.17, 15) is 9.59 Å². The van der Waals surface area contributed by atoms with Gasteiger partial charge in [-0.1, -0.05) is 41.4 Å². The summed E-state index contributed by atoms with van der Waals surface area (Å²) in [6.07, 6.45) is 3.81. The van der Waals surface area contributed by atoms with Crippen molar-refractivity contribution in [1.82, 2.24) is 9.88 Å². The van der Waals surface area contributed by atoms with Gasteiger partial charge < -0.3 is 14.6 Å². The van der Waals surface area contributed by atoms with Gasteiger partial charge in [0, 0.05) is 42.2 Å². The summed E-state index contributed by atoms with van der Waals surface area (Å²) in [4.78, 5) is 31.4. The van der Waals surface area contributed by atoms with E-state index in [2.05, 4.69) is 10.3 Å². The second-order valence-corrected chi connectivity index (χ2v) is 8.62. The summed E-state index contributed by atoms with van der Waals surface area (Å²) in [5.41, 5.74) is 1.46. The van der Waals surface area contributed by atoms with Gasteiger partial charge in [0.05, 0.1) is 17.1 Å². The summed E-state index contributed by atoms with van der Waals surface area (Å²) in [6.45, 7) is 1.08. The third-order valence-corrected chi connectivity index (χ3v) is 6.04. The molecule has 1 aliphatic heterocycles. The Kier molecular flexibility index (Phi) is 7.12. The van der Waals surface area contributed by atoms with Gasteiger partial charge in [0.25, 0.3) is 0 Å². The number of carbonyl (C=O) groups excluding carboxylic acids is 2. The number of rotatable bonds is 6. The zero-order valence-electron chi connectivity index (χ0n) is 17.4. The van der Waals surface area contributed by atoms with Gasteiger partial charge in [-0.2, -0.15) is 0 Å². The highest BCUT2D eigenvalue weighted by Crippen LogP contribution is 2.31. The van der Waals surface area contributed by atoms with Crippen LogP contribution in [0.5, 0.6) is 0 Å². The van der Waals surface area contributed by atoms with Crippen LogP contribution in [0, 0.1) is 5.92 Å². The van der Waals surface area contributed by atoms with Crippen LogP contribution in [-0.4, -0.2) is 34.8 Å². The molecule has 3 aromatic rings. The minimum absolute atomic E-state index is 0.00788. The maximum Gasteiger partial charge on any atom is 0.229 e. The number of nitrogens with one attached hydrogen (secondary N) is 1. The average molecular weight is 472 g/mol. The van der Waals surface area contributed by atoms with E-state index in [1.54, 1.807) is 29.3 Å². The zero-order valence-corrected chi connectivity index (χ0v) is 18.9. The molecule has 1 aromatic heterocycles. The molecule has 2 heterocycles. The molecule has 0 aliphatic carbocycles. The first-order valence-corrected chi connectivity index (χ1v) is 11.3. The number of amides is 2. The highest BCUT2D eigenvalue weighted by molar-refractivity contribution is 6.36. The first-order chi connectivity index (χ1) is 15.5. The molecule has 1 atom stereocenters. The summed E-state index contributed by atoms with van der Waals surface area (Å²) in [6, 6.07) is 14.5. The van der Waals surface area contributed by atoms with Gasteiger partial charge in [0.15, 0.2) is 11.7 Å². The zero-order chi connectivity index (χ0) is 22.5. The molecule has 0 saturated carbocycles. The molecule has 8 heteroatoms. The van der Waals surface area contributed by atoms with Crippen LogP contribution in [0.1, 0.15) is 25.2 Å². The molecule has 0 bridgehead atoms. The summed E-state index contributed by atoms with van der Waals surface area (Å²) in [5.74, 6) is 0.727. The SMILES string of the molecule is O=C(Nc1ccccc1)C1CCCN(C(=O)CCc2ncc(-c3ccc(Cl)cc3Cl)o2)C1. The lowest BCUT2D eigenvalue weighted by Crippen LogP contribution is -2.43. The Morgan fingerprint density at radius 2 is 1.97 bits per heavy atom. The van der Waals surface area contributed by atoms with E-state index in [1.807, 2.05) is 30.3 Å². The quantitative estimate of drug-likeness (QED) is 0.517. The fourth-order valence-corrected chi connectivity index (χ4v) is 4.30. The van der Waals surface area contributed by atoms with Gasteiger partial charge >= 0.3 is 0 Å². The monoisotopic (exact) mass is 471 g/mol. The normalized spacial score (nSPS) is 16.1. The van der Waals surface area contributed by atoms with Gasteiger partial charge in [-0.05, 0) is 43.2 Å². The Bertz CT molecular complexity index is 1100. The Hall–Kier alpha value is -2.83. The van der Waals surface area contributed by atoms with Crippen LogP contribution in [0.2, 0.25) is 10.0 Å². The molecule has 1 N–H and O–H groups in total. The fraction of sp³-hybridized carbons (Fsp3) is 0.292. The highest BCUT2D eigenvalue weighted by atomic mass is 35.5. The van der Waals surface area contributed by atoms with Gasteiger partial charge in [0.2, 0.25) is 11.8 Å². The lowest BCUT2D eigenvalue weighted by Gasteiger charge is -2.32. The minimum Gasteiger partial charge on any atom is -0.441 e. The number of aromatic nitrogens is 1. The third kappa shape index (κ3) is 5.50. The molecule has 0 spiro atoms. The van der Waals surface area contributed by atoms with E-state index in [0.29, 0.717) is 46.8 Å². The summed E-state index contributed by atoms with van der Waals surface area (Å²) < 4.78 is 5.78. The maximum absolute atomic E-state index is 12.8. The molecule has 6 nitrogen and oxygen atoms in total. The molecule has 2 amide bonds. The Morgan fingerprint density at radius 3 is 2.75 bits per heavy atom. The van der Waals surface area contributed by atoms with Crippen molar-refractivity contribution < 1.29 is 14.0 Å². The lowest BCUT2D eigenvalue weighted by atomic mass is 9.96. The van der Waals surface area contributed by atoms with Crippen LogP contribution >= 0.6 is 23.2 Å². The number of oxazole rings is 1. The van der Waals surface area contributed by atoms with Crippen LogP contribution in [0.15, 0.2) is 59.1 Å². The second-order valence-electron chi connectivity index (χ2n) is 7.78. The number of anilines is 1. The molecule has 1 saturated heterocycles. The molecule has 1 fully saturated rings. The summed E-state index contributed by atoms with van der Waals surface area (Å²) >= 11 is 12.2. The average Bonchev–Trinajstić information content (AvgIpc) is 3.27. The van der Waals surface area contributed by atoms with E-state index in [1.165, 1.54) is 0 Å². The summed E-state index contributed by atoms with van der Waals surface area (Å²) in [5, 5.41) is 3.95.